The van der Waals surface area contributed by atoms with Crippen molar-refractivity contribution < 1.29 is 19.0 Å². The minimum Gasteiger partial charge on any atom is -0.497 e. The van der Waals surface area contributed by atoms with Crippen molar-refractivity contribution >= 4 is 23.3 Å². The lowest BCUT2D eigenvalue weighted by molar-refractivity contribution is 0.0697. The van der Waals surface area contributed by atoms with Gasteiger partial charge in [-0.25, -0.2) is 19.2 Å². The summed E-state index contributed by atoms with van der Waals surface area (Å²) >= 11 is 0. The van der Waals surface area contributed by atoms with Gasteiger partial charge in [0.25, 0.3) is 0 Å². The Kier molecular flexibility index (Phi) is 6.55. The van der Waals surface area contributed by atoms with Crippen LogP contribution >= 0.6 is 0 Å². The van der Waals surface area contributed by atoms with Crippen LogP contribution in [0.3, 0.4) is 0 Å². The first-order chi connectivity index (χ1) is 16.5. The Morgan fingerprint density at radius 3 is 2.63 bits per heavy atom. The van der Waals surface area contributed by atoms with Crippen molar-refractivity contribution in [3.8, 4) is 17.0 Å². The van der Waals surface area contributed by atoms with Gasteiger partial charge < -0.3 is 15.2 Å². The van der Waals surface area contributed by atoms with Crippen molar-refractivity contribution in [2.45, 2.75) is 14.0 Å². The molecule has 1 aliphatic heterocycles. The number of fused-ring (bicyclic) bond motifs is 3. The molecule has 2 heterocycles. The van der Waals surface area contributed by atoms with E-state index in [4.69, 9.17) is 9.72 Å². The zero-order valence-corrected chi connectivity index (χ0v) is 18.1. The van der Waals surface area contributed by atoms with Crippen molar-refractivity contribution in [1.82, 2.24) is 9.97 Å². The number of hydrogen-bond donors (Lipinski definition) is 2. The maximum absolute atomic E-state index is 14.7. The van der Waals surface area contributed by atoms with Crippen LogP contribution in [0.2, 0.25) is 0 Å². The smallest absolute Gasteiger partial charge is 0.335 e. The van der Waals surface area contributed by atoms with E-state index in [-0.39, 0.29) is 19.5 Å². The van der Waals surface area contributed by atoms with Gasteiger partial charge in [0.15, 0.2) is 0 Å². The van der Waals surface area contributed by atoms with E-state index >= 15 is 0 Å². The standard InChI is InChI=1S/C26H19FN4O3.CH4/c1-34-18-6-4-5-17(12-18)30-26-29-14-16-13-28-24(20-7-2-3-8-22(20)27)21-11-15(25(32)33)9-10-19(21)23(16)31-26;/h2-12,14H,13H2,1H3,(H,32,33)(H,29,30,31);1H4. The number of anilines is 2. The van der Waals surface area contributed by atoms with Crippen molar-refractivity contribution in [3.05, 3.63) is 101 Å². The summed E-state index contributed by atoms with van der Waals surface area (Å²) in [6.45, 7) is 0.218. The third kappa shape index (κ3) is 4.59. The van der Waals surface area contributed by atoms with Gasteiger partial charge >= 0.3 is 5.97 Å². The Morgan fingerprint density at radius 2 is 1.86 bits per heavy atom. The van der Waals surface area contributed by atoms with Gasteiger partial charge in [0.2, 0.25) is 5.95 Å². The molecule has 0 saturated heterocycles. The molecule has 7 nitrogen and oxygen atoms in total. The maximum atomic E-state index is 14.7. The highest BCUT2D eigenvalue weighted by Crippen LogP contribution is 2.33. The minimum atomic E-state index is -1.08. The van der Waals surface area contributed by atoms with Crippen LogP contribution in [0.25, 0.3) is 11.3 Å². The van der Waals surface area contributed by atoms with Crippen LogP contribution in [0.4, 0.5) is 16.0 Å². The summed E-state index contributed by atoms with van der Waals surface area (Å²) in [5.41, 5.74) is 3.98. The van der Waals surface area contributed by atoms with Gasteiger partial charge in [-0.2, -0.15) is 0 Å². The molecule has 1 aromatic heterocycles. The molecule has 0 aliphatic carbocycles. The van der Waals surface area contributed by atoms with E-state index in [1.165, 1.54) is 18.2 Å². The predicted octanol–water partition coefficient (Wildman–Crippen LogP) is 5.72. The molecule has 0 fully saturated rings. The molecule has 8 heteroatoms. The number of nitrogens with zero attached hydrogens (tertiary/aromatic N) is 3. The van der Waals surface area contributed by atoms with E-state index < -0.39 is 11.8 Å². The number of rotatable bonds is 5. The highest BCUT2D eigenvalue weighted by molar-refractivity contribution is 6.17. The van der Waals surface area contributed by atoms with E-state index in [0.29, 0.717) is 39.8 Å². The van der Waals surface area contributed by atoms with E-state index in [1.54, 1.807) is 37.6 Å². The second-order valence-corrected chi connectivity index (χ2v) is 7.63. The Labute approximate surface area is 202 Å². The lowest BCUT2D eigenvalue weighted by Gasteiger charge is -2.13. The van der Waals surface area contributed by atoms with Crippen LogP contribution in [-0.2, 0) is 6.54 Å². The number of methoxy groups -OCH3 is 1. The number of benzene rings is 3. The van der Waals surface area contributed by atoms with Crippen LogP contribution in [0, 0.1) is 5.82 Å². The second kappa shape index (κ2) is 9.72. The molecule has 0 unspecified atom stereocenters. The summed E-state index contributed by atoms with van der Waals surface area (Å²) in [6, 6.07) is 18.4. The van der Waals surface area contributed by atoms with Crippen LogP contribution in [0.5, 0.6) is 5.75 Å². The number of halogens is 1. The highest BCUT2D eigenvalue weighted by atomic mass is 19.1. The molecule has 0 atom stereocenters. The number of aliphatic imine (C=N–C) groups is 1. The number of aromatic carboxylic acids is 1. The summed E-state index contributed by atoms with van der Waals surface area (Å²) in [4.78, 5) is 25.4. The molecule has 2 N–H and O–H groups in total. The summed E-state index contributed by atoms with van der Waals surface area (Å²) in [6.07, 6.45) is 1.67. The highest BCUT2D eigenvalue weighted by Gasteiger charge is 2.24. The molecular weight excluding hydrogens is 447 g/mol. The molecule has 4 aromatic rings. The molecular formula is C27H23FN4O3. The van der Waals surface area contributed by atoms with Crippen molar-refractivity contribution in [1.29, 1.82) is 0 Å². The monoisotopic (exact) mass is 470 g/mol. The zero-order valence-electron chi connectivity index (χ0n) is 18.1. The molecule has 3 aromatic carbocycles. The fourth-order valence-electron chi connectivity index (χ4n) is 3.86. The number of hydrogen-bond acceptors (Lipinski definition) is 6. The third-order valence-corrected chi connectivity index (χ3v) is 5.50. The molecule has 176 valence electrons. The normalized spacial score (nSPS) is 11.8. The van der Waals surface area contributed by atoms with Gasteiger partial charge in [-0.05, 0) is 36.4 Å². The first kappa shape index (κ1) is 23.6. The van der Waals surface area contributed by atoms with Crippen molar-refractivity contribution in [3.63, 3.8) is 0 Å². The average Bonchev–Trinajstić information content (AvgIpc) is 3.01. The Balaban J connectivity index is 0.00000289. The second-order valence-electron chi connectivity index (χ2n) is 7.63. The van der Waals surface area contributed by atoms with Crippen LogP contribution in [0.1, 0.15) is 34.5 Å². The number of carboxylic acid groups (broad SMARTS) is 1. The van der Waals surface area contributed by atoms with Gasteiger partial charge in [0, 0.05) is 40.2 Å². The number of ether oxygens (including phenoxy) is 1. The third-order valence-electron chi connectivity index (χ3n) is 5.50. The SMILES string of the molecule is C.COc1cccc(Nc2ncc3c(n2)-c2ccc(C(=O)O)cc2C(c2ccccc2F)=NC3)c1. The number of carboxylic acids is 1. The fraction of sp³-hybridized carbons (Fsp3) is 0.111. The summed E-state index contributed by atoms with van der Waals surface area (Å²) < 4.78 is 20.0. The summed E-state index contributed by atoms with van der Waals surface area (Å²) in [5, 5.41) is 12.7. The van der Waals surface area contributed by atoms with Crippen molar-refractivity contribution in [2.75, 3.05) is 12.4 Å². The topological polar surface area (TPSA) is 96.7 Å². The largest absolute Gasteiger partial charge is 0.497 e. The number of carbonyl (C=O) groups is 1. The van der Waals surface area contributed by atoms with Crippen LogP contribution in [0.15, 0.2) is 77.9 Å². The summed E-state index contributed by atoms with van der Waals surface area (Å²) in [5.74, 6) is -0.475. The first-order valence-electron chi connectivity index (χ1n) is 10.5. The van der Waals surface area contributed by atoms with Gasteiger partial charge in [0.1, 0.15) is 11.6 Å². The summed E-state index contributed by atoms with van der Waals surface area (Å²) in [7, 11) is 1.59. The van der Waals surface area contributed by atoms with E-state index in [9.17, 15) is 14.3 Å². The molecule has 0 amide bonds. The van der Waals surface area contributed by atoms with Gasteiger partial charge in [-0.3, -0.25) is 4.99 Å². The fourth-order valence-corrected chi connectivity index (χ4v) is 3.86. The van der Waals surface area contributed by atoms with Crippen LogP contribution in [-0.4, -0.2) is 33.9 Å². The Hall–Kier alpha value is -4.59. The van der Waals surface area contributed by atoms with E-state index in [0.717, 1.165) is 11.3 Å². The van der Waals surface area contributed by atoms with Gasteiger partial charge in [-0.1, -0.05) is 31.7 Å². The van der Waals surface area contributed by atoms with Gasteiger partial charge in [-0.15, -0.1) is 0 Å². The van der Waals surface area contributed by atoms with E-state index in [2.05, 4.69) is 15.3 Å². The molecule has 1 aliphatic rings. The van der Waals surface area contributed by atoms with Crippen LogP contribution < -0.4 is 10.1 Å². The Bertz CT molecular complexity index is 1450. The quantitative estimate of drug-likeness (QED) is 0.387. The minimum absolute atomic E-state index is 0. The van der Waals surface area contributed by atoms with Gasteiger partial charge in [0.05, 0.1) is 30.6 Å². The number of nitrogens with one attached hydrogen (secondary N) is 1. The Morgan fingerprint density at radius 1 is 1.03 bits per heavy atom. The molecule has 35 heavy (non-hydrogen) atoms. The molecule has 0 radical (unpaired) electrons. The molecule has 0 spiro atoms. The molecule has 0 bridgehead atoms. The predicted molar refractivity (Wildman–Crippen MR) is 133 cm³/mol. The van der Waals surface area contributed by atoms with E-state index in [1.807, 2.05) is 24.3 Å². The molecule has 0 saturated carbocycles. The zero-order chi connectivity index (χ0) is 23.7. The number of aromatic nitrogens is 2. The lowest BCUT2D eigenvalue weighted by atomic mass is 9.93. The lowest BCUT2D eigenvalue weighted by Crippen LogP contribution is -2.09. The molecule has 5 rings (SSSR count). The first-order valence-corrected chi connectivity index (χ1v) is 10.5. The average molecular weight is 471 g/mol. The maximum Gasteiger partial charge on any atom is 0.335 e. The van der Waals surface area contributed by atoms with Crippen molar-refractivity contribution in [2.24, 2.45) is 4.99 Å².